The van der Waals surface area contributed by atoms with Crippen molar-refractivity contribution in [3.05, 3.63) is 5.69 Å². The van der Waals surface area contributed by atoms with Crippen LogP contribution in [0, 0.1) is 0 Å². The van der Waals surface area contributed by atoms with E-state index in [4.69, 9.17) is 5.73 Å². The Bertz CT molecular complexity index is 295. The minimum Gasteiger partial charge on any atom is -0.394 e. The maximum atomic E-state index is 5.94. The van der Waals surface area contributed by atoms with Crippen molar-refractivity contribution in [1.29, 1.82) is 0 Å². The number of thioether (sulfide) groups is 1. The Labute approximate surface area is 89.2 Å². The molecule has 80 valence electrons. The van der Waals surface area contributed by atoms with Crippen molar-refractivity contribution in [3.63, 3.8) is 0 Å². The summed E-state index contributed by atoms with van der Waals surface area (Å²) in [4.78, 5) is 0. The molecule has 0 aliphatic rings. The second kappa shape index (κ2) is 5.14. The van der Waals surface area contributed by atoms with E-state index in [1.165, 1.54) is 0 Å². The summed E-state index contributed by atoms with van der Waals surface area (Å²) in [6, 6.07) is 0. The van der Waals surface area contributed by atoms with Gasteiger partial charge in [-0.15, -0.1) is 0 Å². The van der Waals surface area contributed by atoms with E-state index in [0.29, 0.717) is 0 Å². The molecule has 0 radical (unpaired) electrons. The van der Waals surface area contributed by atoms with E-state index < -0.39 is 0 Å². The molecule has 5 heteroatoms. The summed E-state index contributed by atoms with van der Waals surface area (Å²) in [5, 5.41) is 7.62. The maximum Gasteiger partial charge on any atom is 0.147 e. The third-order valence-corrected chi connectivity index (χ3v) is 2.71. The van der Waals surface area contributed by atoms with Gasteiger partial charge in [-0.2, -0.15) is 16.9 Å². The molecular formula is C9H18N4S. The molecule has 0 fully saturated rings. The summed E-state index contributed by atoms with van der Waals surface area (Å²) in [5.41, 5.74) is 7.70. The summed E-state index contributed by atoms with van der Waals surface area (Å²) in [6.07, 6.45) is 2.97. The molecule has 1 aromatic heterocycles. The van der Waals surface area contributed by atoms with Crippen LogP contribution in [0.1, 0.15) is 12.6 Å². The van der Waals surface area contributed by atoms with Crippen molar-refractivity contribution in [2.24, 2.45) is 7.05 Å². The number of aryl methyl sites for hydroxylation is 2. The zero-order valence-corrected chi connectivity index (χ0v) is 9.82. The highest BCUT2D eigenvalue weighted by Crippen LogP contribution is 2.21. The predicted octanol–water partition coefficient (Wildman–Crippen LogP) is 1.34. The Morgan fingerprint density at radius 1 is 1.57 bits per heavy atom. The van der Waals surface area contributed by atoms with Gasteiger partial charge in [-0.1, -0.05) is 6.92 Å². The first-order valence-corrected chi connectivity index (χ1v) is 6.14. The van der Waals surface area contributed by atoms with Gasteiger partial charge in [0.2, 0.25) is 0 Å². The second-order valence-electron chi connectivity index (χ2n) is 3.11. The lowest BCUT2D eigenvalue weighted by Crippen LogP contribution is -2.09. The molecule has 1 rings (SSSR count). The van der Waals surface area contributed by atoms with Crippen LogP contribution in [0.5, 0.6) is 0 Å². The number of hydrogen-bond donors (Lipinski definition) is 2. The van der Waals surface area contributed by atoms with Gasteiger partial charge in [0, 0.05) is 19.3 Å². The molecule has 0 spiro atoms. The van der Waals surface area contributed by atoms with Gasteiger partial charge >= 0.3 is 0 Å². The average Bonchev–Trinajstić information content (AvgIpc) is 2.45. The fourth-order valence-electron chi connectivity index (χ4n) is 1.34. The van der Waals surface area contributed by atoms with Crippen molar-refractivity contribution in [1.82, 2.24) is 9.78 Å². The first kappa shape index (κ1) is 11.2. The van der Waals surface area contributed by atoms with E-state index in [1.54, 1.807) is 0 Å². The van der Waals surface area contributed by atoms with E-state index in [2.05, 4.69) is 23.6 Å². The van der Waals surface area contributed by atoms with Gasteiger partial charge in [0.1, 0.15) is 5.82 Å². The number of hydrogen-bond acceptors (Lipinski definition) is 4. The molecule has 0 aliphatic heterocycles. The Kier molecular flexibility index (Phi) is 4.13. The number of anilines is 2. The highest BCUT2D eigenvalue weighted by molar-refractivity contribution is 7.98. The highest BCUT2D eigenvalue weighted by atomic mass is 32.2. The zero-order valence-electron chi connectivity index (χ0n) is 9.00. The number of aromatic nitrogens is 2. The molecule has 0 aliphatic carbocycles. The van der Waals surface area contributed by atoms with Gasteiger partial charge in [0.15, 0.2) is 0 Å². The molecule has 0 bridgehead atoms. The molecule has 14 heavy (non-hydrogen) atoms. The number of nitrogens with zero attached hydrogens (tertiary/aromatic N) is 2. The molecule has 1 aromatic rings. The number of rotatable bonds is 5. The van der Waals surface area contributed by atoms with Crippen molar-refractivity contribution in [3.8, 4) is 0 Å². The third kappa shape index (κ3) is 2.35. The summed E-state index contributed by atoms with van der Waals surface area (Å²) in [5.74, 6) is 2.02. The van der Waals surface area contributed by atoms with Gasteiger partial charge in [0.05, 0.1) is 11.4 Å². The quantitative estimate of drug-likeness (QED) is 0.726. The van der Waals surface area contributed by atoms with E-state index in [1.807, 2.05) is 23.5 Å². The SMILES string of the molecule is CCc1nn(C)c(NCCSC)c1N. The monoisotopic (exact) mass is 214 g/mol. The second-order valence-corrected chi connectivity index (χ2v) is 4.09. The zero-order chi connectivity index (χ0) is 10.6. The van der Waals surface area contributed by atoms with Gasteiger partial charge in [-0.05, 0) is 12.7 Å². The number of nitrogens with two attached hydrogens (primary N) is 1. The van der Waals surface area contributed by atoms with Crippen LogP contribution < -0.4 is 11.1 Å². The molecule has 3 N–H and O–H groups in total. The smallest absolute Gasteiger partial charge is 0.147 e. The van der Waals surface area contributed by atoms with E-state index in [0.717, 1.165) is 35.9 Å². The summed E-state index contributed by atoms with van der Waals surface area (Å²) < 4.78 is 1.81. The minimum atomic E-state index is 0.788. The third-order valence-electron chi connectivity index (χ3n) is 2.09. The average molecular weight is 214 g/mol. The molecule has 0 atom stereocenters. The lowest BCUT2D eigenvalue weighted by atomic mass is 10.3. The summed E-state index contributed by atoms with van der Waals surface area (Å²) >= 11 is 1.81. The van der Waals surface area contributed by atoms with Crippen molar-refractivity contribution < 1.29 is 0 Å². The van der Waals surface area contributed by atoms with Crippen LogP contribution in [-0.2, 0) is 13.5 Å². The van der Waals surface area contributed by atoms with E-state index >= 15 is 0 Å². The Balaban J connectivity index is 2.70. The molecule has 4 nitrogen and oxygen atoms in total. The first-order chi connectivity index (χ1) is 6.70. The lowest BCUT2D eigenvalue weighted by Gasteiger charge is -2.06. The maximum absolute atomic E-state index is 5.94. The molecule has 0 amide bonds. The Hall–Kier alpha value is -0.840. The van der Waals surface area contributed by atoms with Crippen LogP contribution in [-0.4, -0.2) is 28.3 Å². The van der Waals surface area contributed by atoms with Crippen LogP contribution >= 0.6 is 11.8 Å². The molecule has 0 saturated heterocycles. The first-order valence-electron chi connectivity index (χ1n) is 4.74. The standard InChI is InChI=1S/C9H18N4S/c1-4-7-8(10)9(13(2)12-7)11-5-6-14-3/h11H,4-6,10H2,1-3H3. The summed E-state index contributed by atoms with van der Waals surface area (Å²) in [7, 11) is 1.91. The normalized spacial score (nSPS) is 10.5. The fourth-order valence-corrected chi connectivity index (χ4v) is 1.64. The topological polar surface area (TPSA) is 55.9 Å². The highest BCUT2D eigenvalue weighted by Gasteiger charge is 2.10. The van der Waals surface area contributed by atoms with Crippen molar-refractivity contribution >= 4 is 23.3 Å². The van der Waals surface area contributed by atoms with Crippen LogP contribution in [0.15, 0.2) is 0 Å². The predicted molar refractivity (Wildman–Crippen MR) is 63.9 cm³/mol. The minimum absolute atomic E-state index is 0.788. The molecule has 0 unspecified atom stereocenters. The molecule has 0 aromatic carbocycles. The molecule has 0 saturated carbocycles. The van der Waals surface area contributed by atoms with Gasteiger partial charge in [0.25, 0.3) is 0 Å². The van der Waals surface area contributed by atoms with E-state index in [9.17, 15) is 0 Å². The Morgan fingerprint density at radius 2 is 2.29 bits per heavy atom. The van der Waals surface area contributed by atoms with Crippen LogP contribution in [0.3, 0.4) is 0 Å². The van der Waals surface area contributed by atoms with Gasteiger partial charge in [-0.3, -0.25) is 4.68 Å². The van der Waals surface area contributed by atoms with E-state index in [-0.39, 0.29) is 0 Å². The summed E-state index contributed by atoms with van der Waals surface area (Å²) in [6.45, 7) is 2.98. The number of nitrogen functional groups attached to an aromatic ring is 1. The molecule has 1 heterocycles. The van der Waals surface area contributed by atoms with Gasteiger partial charge < -0.3 is 11.1 Å². The fraction of sp³-hybridized carbons (Fsp3) is 0.667. The van der Waals surface area contributed by atoms with Gasteiger partial charge in [-0.25, -0.2) is 0 Å². The largest absolute Gasteiger partial charge is 0.394 e. The lowest BCUT2D eigenvalue weighted by molar-refractivity contribution is 0.749. The van der Waals surface area contributed by atoms with Crippen LogP contribution in [0.25, 0.3) is 0 Å². The van der Waals surface area contributed by atoms with Crippen LogP contribution in [0.2, 0.25) is 0 Å². The van der Waals surface area contributed by atoms with Crippen LogP contribution in [0.4, 0.5) is 11.5 Å². The molecular weight excluding hydrogens is 196 g/mol. The van der Waals surface area contributed by atoms with Crippen molar-refractivity contribution in [2.75, 3.05) is 29.6 Å². The number of nitrogens with one attached hydrogen (secondary N) is 1. The Morgan fingerprint density at radius 3 is 2.79 bits per heavy atom. The van der Waals surface area contributed by atoms with Crippen molar-refractivity contribution in [2.45, 2.75) is 13.3 Å².